The van der Waals surface area contributed by atoms with Crippen molar-refractivity contribution in [2.24, 2.45) is 5.41 Å². The van der Waals surface area contributed by atoms with Gasteiger partial charge in [-0.2, -0.15) is 0 Å². The largest absolute Gasteiger partial charge is 0.370 e. The van der Waals surface area contributed by atoms with E-state index in [0.717, 1.165) is 51.5 Å². The number of likely N-dealkylation sites (N-methyl/N-ethyl adjacent to an activating group) is 1. The minimum absolute atomic E-state index is 0.195. The van der Waals surface area contributed by atoms with Crippen molar-refractivity contribution in [2.45, 2.75) is 25.8 Å². The number of aryl methyl sites for hydroxylation is 1. The van der Waals surface area contributed by atoms with E-state index in [4.69, 9.17) is 4.98 Å². The minimum atomic E-state index is 0.195. The Kier molecular flexibility index (Phi) is 5.30. The Morgan fingerprint density at radius 3 is 2.55 bits per heavy atom. The molecule has 6 nitrogen and oxygen atoms in total. The van der Waals surface area contributed by atoms with Gasteiger partial charge in [0.05, 0.1) is 6.04 Å². The van der Waals surface area contributed by atoms with E-state index in [2.05, 4.69) is 81.9 Å². The van der Waals surface area contributed by atoms with Crippen molar-refractivity contribution in [3.05, 3.63) is 59.3 Å². The number of hydrogen-bond donors (Lipinski definition) is 2. The number of nitrogens with zero attached hydrogens (tertiary/aromatic N) is 4. The van der Waals surface area contributed by atoms with Crippen LogP contribution in [0.4, 0.5) is 11.5 Å². The highest BCUT2D eigenvalue weighted by Crippen LogP contribution is 2.45. The lowest BCUT2D eigenvalue weighted by molar-refractivity contribution is 0.183. The van der Waals surface area contributed by atoms with Crippen LogP contribution in [-0.2, 0) is 6.42 Å². The van der Waals surface area contributed by atoms with E-state index in [1.165, 1.54) is 47.6 Å². The van der Waals surface area contributed by atoms with Crippen LogP contribution in [0.5, 0.6) is 0 Å². The quantitative estimate of drug-likeness (QED) is 0.756. The molecule has 6 rings (SSSR count). The minimum Gasteiger partial charge on any atom is -0.370 e. The first kappa shape index (κ1) is 21.0. The van der Waals surface area contributed by atoms with Crippen LogP contribution in [0, 0.1) is 5.41 Å². The zero-order valence-electron chi connectivity index (χ0n) is 20.0. The predicted molar refractivity (Wildman–Crippen MR) is 136 cm³/mol. The van der Waals surface area contributed by atoms with Crippen molar-refractivity contribution in [1.82, 2.24) is 20.5 Å². The van der Waals surface area contributed by atoms with E-state index < -0.39 is 0 Å². The van der Waals surface area contributed by atoms with Crippen molar-refractivity contribution in [1.29, 1.82) is 0 Å². The summed E-state index contributed by atoms with van der Waals surface area (Å²) in [7, 11) is 2.24. The van der Waals surface area contributed by atoms with Gasteiger partial charge in [0.25, 0.3) is 0 Å². The highest BCUT2D eigenvalue weighted by molar-refractivity contribution is 5.81. The molecule has 0 amide bonds. The van der Waals surface area contributed by atoms with Crippen LogP contribution in [0.1, 0.15) is 36.1 Å². The molecule has 33 heavy (non-hydrogen) atoms. The number of hydrogen-bond acceptors (Lipinski definition) is 6. The number of rotatable bonds is 4. The molecule has 1 atom stereocenters. The lowest BCUT2D eigenvalue weighted by atomic mass is 9.81. The SMILES string of the molecule is CCc1ccc2c(c1)N(C)C(c1ccc(N3CCNCC3)nc1)C=C2N1CCC2(CNC2)C1. The van der Waals surface area contributed by atoms with Gasteiger partial charge in [-0.05, 0) is 42.2 Å². The van der Waals surface area contributed by atoms with Gasteiger partial charge in [-0.25, -0.2) is 4.98 Å². The van der Waals surface area contributed by atoms with Crippen molar-refractivity contribution < 1.29 is 0 Å². The maximum Gasteiger partial charge on any atom is 0.128 e. The molecule has 6 heteroatoms. The zero-order chi connectivity index (χ0) is 22.4. The zero-order valence-corrected chi connectivity index (χ0v) is 20.0. The van der Waals surface area contributed by atoms with E-state index in [1.807, 2.05) is 0 Å². The van der Waals surface area contributed by atoms with Crippen LogP contribution in [0.3, 0.4) is 0 Å². The molecular formula is C27H36N6. The number of piperazine rings is 1. The molecule has 0 bridgehead atoms. The molecule has 3 fully saturated rings. The van der Waals surface area contributed by atoms with E-state index in [0.29, 0.717) is 5.41 Å². The second-order valence-corrected chi connectivity index (χ2v) is 10.3. The molecule has 3 saturated heterocycles. The van der Waals surface area contributed by atoms with Crippen molar-refractivity contribution in [3.8, 4) is 0 Å². The Balaban J connectivity index is 1.34. The fourth-order valence-corrected chi connectivity index (χ4v) is 5.96. The average Bonchev–Trinajstić information content (AvgIpc) is 3.31. The highest BCUT2D eigenvalue weighted by Gasteiger charge is 2.44. The van der Waals surface area contributed by atoms with Crippen LogP contribution in [0.25, 0.3) is 5.70 Å². The number of nitrogens with one attached hydrogen (secondary N) is 2. The summed E-state index contributed by atoms with van der Waals surface area (Å²) < 4.78 is 0. The maximum absolute atomic E-state index is 4.89. The number of aromatic nitrogens is 1. The molecule has 4 aliphatic heterocycles. The molecule has 5 heterocycles. The molecule has 174 valence electrons. The lowest BCUT2D eigenvalue weighted by Crippen LogP contribution is -2.54. The van der Waals surface area contributed by atoms with Gasteiger partial charge < -0.3 is 25.3 Å². The smallest absolute Gasteiger partial charge is 0.128 e. The Labute approximate surface area is 197 Å². The average molecular weight is 445 g/mol. The fourth-order valence-electron chi connectivity index (χ4n) is 5.96. The first-order valence-electron chi connectivity index (χ1n) is 12.6. The third-order valence-electron chi connectivity index (χ3n) is 8.19. The molecule has 0 saturated carbocycles. The number of anilines is 2. The maximum atomic E-state index is 4.89. The summed E-state index contributed by atoms with van der Waals surface area (Å²) in [6, 6.07) is 11.7. The third kappa shape index (κ3) is 3.69. The van der Waals surface area contributed by atoms with E-state index >= 15 is 0 Å². The van der Waals surface area contributed by atoms with Gasteiger partial charge in [0.15, 0.2) is 0 Å². The Morgan fingerprint density at radius 2 is 1.88 bits per heavy atom. The fraction of sp³-hybridized carbons (Fsp3) is 0.519. The first-order valence-corrected chi connectivity index (χ1v) is 12.6. The standard InChI is InChI=1S/C27H36N6/c1-3-20-4-6-22-24(14-20)31(2)23(15-25(22)33-11-8-27(19-33)17-29-18-27)21-5-7-26(30-16-21)32-12-9-28-10-13-32/h4-7,14-16,23,28-29H,3,8-13,17-19H2,1-2H3. The number of pyridine rings is 1. The van der Waals surface area contributed by atoms with Crippen molar-refractivity contribution in [3.63, 3.8) is 0 Å². The van der Waals surface area contributed by atoms with Crippen LogP contribution < -0.4 is 20.4 Å². The molecule has 1 spiro atoms. The Bertz CT molecular complexity index is 1040. The van der Waals surface area contributed by atoms with Crippen molar-refractivity contribution >= 4 is 17.2 Å². The molecule has 2 aromatic rings. The third-order valence-corrected chi connectivity index (χ3v) is 8.19. The summed E-state index contributed by atoms with van der Waals surface area (Å²) in [5, 5.41) is 6.93. The first-order chi connectivity index (χ1) is 16.2. The summed E-state index contributed by atoms with van der Waals surface area (Å²) in [5.74, 6) is 1.09. The molecule has 4 aliphatic rings. The monoisotopic (exact) mass is 444 g/mol. The number of fused-ring (bicyclic) bond motifs is 1. The van der Waals surface area contributed by atoms with Gasteiger partial charge >= 0.3 is 0 Å². The normalized spacial score (nSPS) is 24.0. The molecule has 0 aliphatic carbocycles. The Morgan fingerprint density at radius 1 is 1.03 bits per heavy atom. The molecule has 1 aromatic carbocycles. The predicted octanol–water partition coefficient (Wildman–Crippen LogP) is 2.88. The lowest BCUT2D eigenvalue weighted by Gasteiger charge is -2.41. The second kappa shape index (κ2) is 8.33. The van der Waals surface area contributed by atoms with Gasteiger partial charge in [0.2, 0.25) is 0 Å². The molecular weight excluding hydrogens is 408 g/mol. The van der Waals surface area contributed by atoms with Gasteiger partial charge in [-0.15, -0.1) is 0 Å². The molecule has 1 aromatic heterocycles. The number of likely N-dealkylation sites (tertiary alicyclic amines) is 1. The summed E-state index contributed by atoms with van der Waals surface area (Å²) >= 11 is 0. The number of benzene rings is 1. The van der Waals surface area contributed by atoms with Gasteiger partial charge in [0, 0.05) is 88.0 Å². The molecule has 2 N–H and O–H groups in total. The van der Waals surface area contributed by atoms with E-state index in [1.54, 1.807) is 0 Å². The second-order valence-electron chi connectivity index (χ2n) is 10.3. The van der Waals surface area contributed by atoms with E-state index in [9.17, 15) is 0 Å². The molecule has 1 unspecified atom stereocenters. The topological polar surface area (TPSA) is 46.7 Å². The van der Waals surface area contributed by atoms with Gasteiger partial charge in [0.1, 0.15) is 5.82 Å². The van der Waals surface area contributed by atoms with Crippen LogP contribution in [0.15, 0.2) is 42.6 Å². The summed E-state index contributed by atoms with van der Waals surface area (Å²) in [6.07, 6.45) is 6.94. The molecule has 0 radical (unpaired) electrons. The van der Waals surface area contributed by atoms with Crippen LogP contribution in [0.2, 0.25) is 0 Å². The summed E-state index contributed by atoms with van der Waals surface area (Å²) in [6.45, 7) is 11.0. The van der Waals surface area contributed by atoms with E-state index in [-0.39, 0.29) is 6.04 Å². The van der Waals surface area contributed by atoms with Gasteiger partial charge in [-0.3, -0.25) is 0 Å². The van der Waals surface area contributed by atoms with Crippen LogP contribution in [-0.4, -0.2) is 69.3 Å². The summed E-state index contributed by atoms with van der Waals surface area (Å²) in [5.41, 5.74) is 7.27. The van der Waals surface area contributed by atoms with Crippen molar-refractivity contribution in [2.75, 3.05) is 69.2 Å². The highest BCUT2D eigenvalue weighted by atomic mass is 15.2. The Hall–Kier alpha value is -2.57. The van der Waals surface area contributed by atoms with Gasteiger partial charge in [-0.1, -0.05) is 25.1 Å². The van der Waals surface area contributed by atoms with Crippen LogP contribution >= 0.6 is 0 Å². The summed E-state index contributed by atoms with van der Waals surface area (Å²) in [4.78, 5) is 12.4.